The van der Waals surface area contributed by atoms with Crippen molar-refractivity contribution in [3.63, 3.8) is 0 Å². The minimum atomic E-state index is 0. The first-order valence-corrected chi connectivity index (χ1v) is 11.9. The van der Waals surface area contributed by atoms with Gasteiger partial charge in [0.1, 0.15) is 0 Å². The van der Waals surface area contributed by atoms with Crippen LogP contribution in [0.2, 0.25) is 0 Å². The van der Waals surface area contributed by atoms with Crippen molar-refractivity contribution in [2.75, 3.05) is 0 Å². The van der Waals surface area contributed by atoms with Gasteiger partial charge in [0.15, 0.2) is 0 Å². The van der Waals surface area contributed by atoms with E-state index in [2.05, 4.69) is 111 Å². The Hall–Kier alpha value is -1.93. The molecular weight excluding hydrogens is 634 g/mol. The predicted molar refractivity (Wildman–Crippen MR) is 142 cm³/mol. The normalized spacial score (nSPS) is 10.3. The van der Waals surface area contributed by atoms with E-state index in [9.17, 15) is 0 Å². The Bertz CT molecular complexity index is 1280. The van der Waals surface area contributed by atoms with Crippen LogP contribution in [0.25, 0.3) is 43.1 Å². The van der Waals surface area contributed by atoms with E-state index >= 15 is 0 Å². The van der Waals surface area contributed by atoms with Crippen LogP contribution in [0.4, 0.5) is 0 Å². The smallest absolute Gasteiger partial charge is 1.00 e. The molecule has 0 N–H and O–H groups in total. The molecule has 0 fully saturated rings. The van der Waals surface area contributed by atoms with Gasteiger partial charge in [-0.1, -0.05) is 112 Å². The molecule has 0 spiro atoms. The van der Waals surface area contributed by atoms with E-state index in [-0.39, 0.29) is 50.7 Å². The van der Waals surface area contributed by atoms with E-state index < -0.39 is 0 Å². The van der Waals surface area contributed by atoms with Crippen molar-refractivity contribution in [3.05, 3.63) is 108 Å². The van der Waals surface area contributed by atoms with Gasteiger partial charge >= 0.3 is 25.8 Å². The number of hydrogen-bond donors (Lipinski definition) is 0. The van der Waals surface area contributed by atoms with Crippen LogP contribution in [0.1, 0.15) is 37.8 Å². The molecule has 0 saturated heterocycles. The molecule has 6 aromatic rings. The molecule has 0 aliphatic heterocycles. The summed E-state index contributed by atoms with van der Waals surface area (Å²) in [5, 5.41) is 11.4. The standard InChI is InChI=1S/2C16H15.2ClH.Hf/c2*1-2-7-12-13-8-3-5-10-15(13)16-11-6-4-9-14(12)16;;;/h2*3-6,8-11H,2,7H2,1H3;2*1H;/q2*-1;;;+4/p-2. The number of aryl methyl sites for hydroxylation is 2. The zero-order chi connectivity index (χ0) is 21.9. The third-order valence-electron chi connectivity index (χ3n) is 6.59. The van der Waals surface area contributed by atoms with Gasteiger partial charge in [0, 0.05) is 0 Å². The minimum Gasteiger partial charge on any atom is -1.00 e. The van der Waals surface area contributed by atoms with Gasteiger partial charge < -0.3 is 24.8 Å². The van der Waals surface area contributed by atoms with Gasteiger partial charge in [0.25, 0.3) is 0 Å². The molecule has 0 atom stereocenters. The molecule has 0 saturated carbocycles. The second-order valence-corrected chi connectivity index (χ2v) is 8.64. The molecule has 0 heterocycles. The van der Waals surface area contributed by atoms with Crippen molar-refractivity contribution in [1.29, 1.82) is 0 Å². The van der Waals surface area contributed by atoms with E-state index in [1.165, 1.54) is 79.9 Å². The average molecular weight is 664 g/mol. The molecule has 176 valence electrons. The summed E-state index contributed by atoms with van der Waals surface area (Å²) in [4.78, 5) is 0. The fourth-order valence-corrected chi connectivity index (χ4v) is 5.25. The van der Waals surface area contributed by atoms with Crippen LogP contribution in [-0.4, -0.2) is 0 Å². The van der Waals surface area contributed by atoms with Gasteiger partial charge in [0.2, 0.25) is 0 Å². The summed E-state index contributed by atoms with van der Waals surface area (Å²) in [7, 11) is 0. The van der Waals surface area contributed by atoms with Crippen molar-refractivity contribution < 1.29 is 50.7 Å². The molecule has 35 heavy (non-hydrogen) atoms. The summed E-state index contributed by atoms with van der Waals surface area (Å²) in [6.45, 7) is 4.49. The molecule has 0 bridgehead atoms. The van der Waals surface area contributed by atoms with Gasteiger partial charge in [-0.2, -0.15) is 0 Å². The molecule has 0 amide bonds. The third kappa shape index (κ3) is 5.58. The largest absolute Gasteiger partial charge is 4.00 e. The van der Waals surface area contributed by atoms with Gasteiger partial charge in [-0.15, -0.1) is 78.5 Å². The zero-order valence-corrected chi connectivity index (χ0v) is 25.4. The Morgan fingerprint density at radius 3 is 0.886 bits per heavy atom. The fraction of sp³-hybridized carbons (Fsp3) is 0.188. The summed E-state index contributed by atoms with van der Waals surface area (Å²) in [5.74, 6) is 0. The molecule has 0 nitrogen and oxygen atoms in total. The van der Waals surface area contributed by atoms with Crippen LogP contribution in [0, 0.1) is 0 Å². The Morgan fingerprint density at radius 2 is 0.657 bits per heavy atom. The number of fused-ring (bicyclic) bond motifs is 6. The Balaban J connectivity index is 0.000000227. The van der Waals surface area contributed by atoms with Crippen molar-refractivity contribution in [1.82, 2.24) is 0 Å². The first-order valence-electron chi connectivity index (χ1n) is 11.9. The Kier molecular flexibility index (Phi) is 11.2. The molecule has 6 aromatic carbocycles. The molecule has 0 radical (unpaired) electrons. The second-order valence-electron chi connectivity index (χ2n) is 8.64. The van der Waals surface area contributed by atoms with Crippen LogP contribution in [-0.2, 0) is 38.7 Å². The molecule has 3 heteroatoms. The quantitative estimate of drug-likeness (QED) is 0.201. The maximum absolute atomic E-state index is 2.25. The average Bonchev–Trinajstić information content (AvgIpc) is 3.34. The summed E-state index contributed by atoms with van der Waals surface area (Å²) in [6, 6.07) is 35.0. The van der Waals surface area contributed by atoms with Gasteiger partial charge in [-0.25, -0.2) is 0 Å². The second kappa shape index (κ2) is 13.4. The third-order valence-corrected chi connectivity index (χ3v) is 6.59. The monoisotopic (exact) mass is 664 g/mol. The maximum Gasteiger partial charge on any atom is 4.00 e. The first-order chi connectivity index (χ1) is 15.8. The Morgan fingerprint density at radius 1 is 0.429 bits per heavy atom. The minimum absolute atomic E-state index is 0. The van der Waals surface area contributed by atoms with Crippen LogP contribution in [0.5, 0.6) is 0 Å². The molecule has 0 unspecified atom stereocenters. The zero-order valence-electron chi connectivity index (χ0n) is 20.3. The van der Waals surface area contributed by atoms with Gasteiger partial charge in [-0.05, 0) is 0 Å². The molecule has 0 aliphatic carbocycles. The maximum atomic E-state index is 2.25. The van der Waals surface area contributed by atoms with Gasteiger partial charge in [0.05, 0.1) is 0 Å². The number of hydrogen-bond acceptors (Lipinski definition) is 0. The van der Waals surface area contributed by atoms with Crippen molar-refractivity contribution in [2.45, 2.75) is 39.5 Å². The summed E-state index contributed by atoms with van der Waals surface area (Å²) < 4.78 is 0. The fourth-order valence-electron chi connectivity index (χ4n) is 5.25. The Labute approximate surface area is 240 Å². The number of halogens is 2. The first kappa shape index (κ1) is 29.3. The van der Waals surface area contributed by atoms with Crippen LogP contribution >= 0.6 is 0 Å². The SMILES string of the molecule is CCC[c-]1c2ccccc2c2ccccc21.CCC[c-]1c2ccccc2c2ccccc21.[Cl-].[Cl-].[Hf+4]. The predicted octanol–water partition coefficient (Wildman–Crippen LogP) is 3.33. The topological polar surface area (TPSA) is 0 Å². The van der Waals surface area contributed by atoms with Crippen LogP contribution in [0.3, 0.4) is 0 Å². The van der Waals surface area contributed by atoms with E-state index in [4.69, 9.17) is 0 Å². The van der Waals surface area contributed by atoms with Crippen molar-refractivity contribution >= 4 is 43.1 Å². The molecule has 6 rings (SSSR count). The van der Waals surface area contributed by atoms with Gasteiger partial charge in [-0.3, -0.25) is 0 Å². The summed E-state index contributed by atoms with van der Waals surface area (Å²) in [5.41, 5.74) is 3.04. The van der Waals surface area contributed by atoms with E-state index in [0.29, 0.717) is 0 Å². The van der Waals surface area contributed by atoms with Crippen molar-refractivity contribution in [2.24, 2.45) is 0 Å². The summed E-state index contributed by atoms with van der Waals surface area (Å²) in [6.07, 6.45) is 4.76. The number of rotatable bonds is 4. The van der Waals surface area contributed by atoms with Crippen LogP contribution < -0.4 is 24.8 Å². The van der Waals surface area contributed by atoms with Crippen molar-refractivity contribution in [3.8, 4) is 0 Å². The van der Waals surface area contributed by atoms with E-state index in [1.807, 2.05) is 0 Å². The van der Waals surface area contributed by atoms with E-state index in [1.54, 1.807) is 0 Å². The molecular formula is C32H30Cl2Hf. The number of benzene rings is 4. The molecule has 0 aliphatic rings. The molecule has 0 aromatic heterocycles. The van der Waals surface area contributed by atoms with E-state index in [0.717, 1.165) is 0 Å². The summed E-state index contributed by atoms with van der Waals surface area (Å²) >= 11 is 0. The van der Waals surface area contributed by atoms with Crippen LogP contribution in [0.15, 0.2) is 97.1 Å².